The molecule has 2 aliphatic rings. The Balaban J connectivity index is 1.91. The molecule has 0 aliphatic carbocycles. The molecule has 2 aliphatic heterocycles. The largest absolute Gasteiger partial charge is 0.534 e. The van der Waals surface area contributed by atoms with E-state index in [0.29, 0.717) is 0 Å². The Morgan fingerprint density at radius 1 is 1.26 bits per heavy atom. The highest BCUT2D eigenvalue weighted by Gasteiger charge is 2.54. The molecule has 0 saturated carbocycles. The van der Waals surface area contributed by atoms with Gasteiger partial charge in [-0.15, -0.1) is 11.8 Å². The molecule has 0 N–H and O–H groups in total. The molecule has 13 heteroatoms. The molecule has 8 nitrogen and oxygen atoms in total. The van der Waals surface area contributed by atoms with Crippen molar-refractivity contribution in [3.05, 3.63) is 47.7 Å². The zero-order chi connectivity index (χ0) is 22.8. The zero-order valence-corrected chi connectivity index (χ0v) is 17.7. The quantitative estimate of drug-likeness (QED) is 0.332. The van der Waals surface area contributed by atoms with Crippen molar-refractivity contribution in [1.29, 1.82) is 0 Å². The van der Waals surface area contributed by atoms with E-state index in [2.05, 4.69) is 4.18 Å². The molecule has 1 aromatic carbocycles. The van der Waals surface area contributed by atoms with Gasteiger partial charge in [-0.25, -0.2) is 4.79 Å². The molecule has 2 heterocycles. The molecular formula is C18H18F3NO7S2. The molecule has 0 unspecified atom stereocenters. The zero-order valence-electron chi connectivity index (χ0n) is 16.1. The van der Waals surface area contributed by atoms with Crippen LogP contribution in [0.2, 0.25) is 0 Å². The number of ether oxygens (including phenoxy) is 2. The number of carbonyl (C=O) groups excluding carboxylic acids is 2. The average molecular weight is 481 g/mol. The van der Waals surface area contributed by atoms with Crippen LogP contribution in [0.4, 0.5) is 13.2 Å². The topological polar surface area (TPSA) is 99.2 Å². The second-order valence-electron chi connectivity index (χ2n) is 6.48. The minimum Gasteiger partial charge on any atom is -0.464 e. The van der Waals surface area contributed by atoms with Crippen LogP contribution in [0.15, 0.2) is 42.2 Å². The van der Waals surface area contributed by atoms with Crippen molar-refractivity contribution in [2.24, 2.45) is 0 Å². The fourth-order valence-corrected chi connectivity index (χ4v) is 4.90. The van der Waals surface area contributed by atoms with Crippen LogP contribution >= 0.6 is 11.8 Å². The van der Waals surface area contributed by atoms with Gasteiger partial charge in [0.1, 0.15) is 17.5 Å². The number of fused-ring (bicyclic) bond motifs is 1. The van der Waals surface area contributed by atoms with Crippen molar-refractivity contribution in [3.8, 4) is 0 Å². The number of carbonyl (C=O) groups is 2. The van der Waals surface area contributed by atoms with E-state index in [4.69, 9.17) is 9.47 Å². The van der Waals surface area contributed by atoms with Crippen LogP contribution in [0, 0.1) is 0 Å². The highest BCUT2D eigenvalue weighted by Crippen LogP contribution is 2.39. The van der Waals surface area contributed by atoms with Crippen LogP contribution in [-0.4, -0.2) is 60.6 Å². The first-order valence-corrected chi connectivity index (χ1v) is 11.5. The van der Waals surface area contributed by atoms with Crippen LogP contribution in [0.25, 0.3) is 0 Å². The fourth-order valence-electron chi connectivity index (χ4n) is 3.01. The van der Waals surface area contributed by atoms with Gasteiger partial charge >= 0.3 is 21.6 Å². The molecule has 170 valence electrons. The van der Waals surface area contributed by atoms with E-state index in [0.717, 1.165) is 16.5 Å². The number of alkyl halides is 3. The molecule has 1 saturated heterocycles. The Labute approximate surface area is 180 Å². The van der Waals surface area contributed by atoms with E-state index in [1.807, 2.05) is 0 Å². The predicted molar refractivity (Wildman–Crippen MR) is 103 cm³/mol. The van der Waals surface area contributed by atoms with E-state index >= 15 is 0 Å². The molecule has 1 aromatic rings. The smallest absolute Gasteiger partial charge is 0.464 e. The molecule has 0 spiro atoms. The third kappa shape index (κ3) is 4.99. The Bertz CT molecular complexity index is 966. The van der Waals surface area contributed by atoms with E-state index in [1.165, 1.54) is 11.8 Å². The summed E-state index contributed by atoms with van der Waals surface area (Å²) in [6.45, 7) is 1.62. The lowest BCUT2D eigenvalue weighted by molar-refractivity contribution is -0.155. The maximum absolute atomic E-state index is 12.8. The summed E-state index contributed by atoms with van der Waals surface area (Å²) in [5.41, 5.74) is -4.99. The minimum absolute atomic E-state index is 0.0300. The van der Waals surface area contributed by atoms with Crippen LogP contribution < -0.4 is 0 Å². The highest BCUT2D eigenvalue weighted by molar-refractivity contribution is 8.00. The molecule has 1 fully saturated rings. The lowest BCUT2D eigenvalue weighted by atomic mass is 10.1. The second-order valence-corrected chi connectivity index (χ2v) is 9.17. The highest BCUT2D eigenvalue weighted by atomic mass is 32.2. The number of hydrogen-bond acceptors (Lipinski definition) is 8. The number of halogens is 3. The summed E-state index contributed by atoms with van der Waals surface area (Å²) in [6.07, 6.45) is -0.128. The number of thioether (sulfide) groups is 1. The molecular weight excluding hydrogens is 463 g/mol. The average Bonchev–Trinajstić information content (AvgIpc) is 3.15. The standard InChI is InChI=1S/C18H18F3NO7S2/c1-2-27-17(24)12-10-30-16-14(28-9-11-6-4-3-5-7-11)8-13(15(23)22(12)16)29-31(25,26)18(19,20)21/h3-8,12,14,16H,2,9-10H2,1H3/t12-,14-,16-/m0/s1. The first-order valence-electron chi connectivity index (χ1n) is 9.04. The number of nitrogens with zero attached hydrogens (tertiary/aromatic N) is 1. The summed E-state index contributed by atoms with van der Waals surface area (Å²) < 4.78 is 76.1. The predicted octanol–water partition coefficient (Wildman–Crippen LogP) is 2.17. The molecule has 3 atom stereocenters. The molecule has 0 bridgehead atoms. The van der Waals surface area contributed by atoms with Gasteiger partial charge in [-0.1, -0.05) is 30.3 Å². The SMILES string of the molecule is CCOC(=O)[C@@H]1CS[C@H]2[C@@H](OCc3ccccc3)C=C(OS(=O)(=O)C(F)(F)F)C(=O)N12. The molecule has 31 heavy (non-hydrogen) atoms. The summed E-state index contributed by atoms with van der Waals surface area (Å²) in [7, 11) is -6.09. The number of amides is 1. The van der Waals surface area contributed by atoms with Crippen molar-refractivity contribution >= 4 is 33.8 Å². The number of rotatable bonds is 7. The van der Waals surface area contributed by atoms with Gasteiger partial charge in [-0.05, 0) is 18.6 Å². The van der Waals surface area contributed by atoms with Crippen LogP contribution in [0.3, 0.4) is 0 Å². The molecule has 1 amide bonds. The Morgan fingerprint density at radius 2 is 1.94 bits per heavy atom. The van der Waals surface area contributed by atoms with Crippen molar-refractivity contribution in [2.45, 2.75) is 36.6 Å². The van der Waals surface area contributed by atoms with Gasteiger partial charge in [0.15, 0.2) is 0 Å². The summed E-state index contributed by atoms with van der Waals surface area (Å²) in [5, 5.41) is -0.772. The van der Waals surface area contributed by atoms with E-state index in [-0.39, 0.29) is 19.0 Å². The van der Waals surface area contributed by atoms with Crippen molar-refractivity contribution in [2.75, 3.05) is 12.4 Å². The lowest BCUT2D eigenvalue weighted by Gasteiger charge is -2.35. The van der Waals surface area contributed by atoms with Crippen molar-refractivity contribution in [1.82, 2.24) is 4.90 Å². The van der Waals surface area contributed by atoms with Gasteiger partial charge in [0.2, 0.25) is 5.76 Å². The maximum Gasteiger partial charge on any atom is 0.534 e. The van der Waals surface area contributed by atoms with Gasteiger partial charge in [0.05, 0.1) is 13.2 Å². The van der Waals surface area contributed by atoms with E-state index in [1.54, 1.807) is 37.3 Å². The van der Waals surface area contributed by atoms with E-state index in [9.17, 15) is 31.2 Å². The second kappa shape index (κ2) is 9.09. The summed E-state index contributed by atoms with van der Waals surface area (Å²) in [4.78, 5) is 26.0. The third-order valence-corrected chi connectivity index (χ3v) is 6.71. The Hall–Kier alpha value is -2.25. The Morgan fingerprint density at radius 3 is 2.55 bits per heavy atom. The van der Waals surface area contributed by atoms with Crippen LogP contribution in [-0.2, 0) is 40.0 Å². The van der Waals surface area contributed by atoms with Gasteiger partial charge in [-0.3, -0.25) is 4.79 Å². The molecule has 0 aromatic heterocycles. The number of esters is 1. The van der Waals surface area contributed by atoms with Crippen molar-refractivity contribution < 1.29 is 44.8 Å². The van der Waals surface area contributed by atoms with Gasteiger partial charge < -0.3 is 18.6 Å². The minimum atomic E-state index is -6.09. The normalized spacial score (nSPS) is 23.9. The van der Waals surface area contributed by atoms with Crippen LogP contribution in [0.5, 0.6) is 0 Å². The fraction of sp³-hybridized carbons (Fsp3) is 0.444. The van der Waals surface area contributed by atoms with Gasteiger partial charge in [0.25, 0.3) is 5.91 Å². The van der Waals surface area contributed by atoms with Crippen molar-refractivity contribution in [3.63, 3.8) is 0 Å². The number of benzene rings is 1. The van der Waals surface area contributed by atoms with Gasteiger partial charge in [0, 0.05) is 5.75 Å². The first kappa shape index (κ1) is 23.4. The molecule has 0 radical (unpaired) electrons. The molecule has 3 rings (SSSR count). The first-order chi connectivity index (χ1) is 14.5. The summed E-state index contributed by atoms with van der Waals surface area (Å²) >= 11 is 1.17. The summed E-state index contributed by atoms with van der Waals surface area (Å²) in [6, 6.07) is 7.70. The lowest BCUT2D eigenvalue weighted by Crippen LogP contribution is -2.53. The monoisotopic (exact) mass is 481 g/mol. The number of hydrogen-bond donors (Lipinski definition) is 0. The third-order valence-electron chi connectivity index (χ3n) is 4.40. The van der Waals surface area contributed by atoms with E-state index < -0.39 is 50.8 Å². The Kier molecular flexibility index (Phi) is 6.86. The summed E-state index contributed by atoms with van der Waals surface area (Å²) in [5.74, 6) is -2.90. The van der Waals surface area contributed by atoms with Gasteiger partial charge in [-0.2, -0.15) is 21.6 Å². The van der Waals surface area contributed by atoms with Crippen LogP contribution in [0.1, 0.15) is 12.5 Å². The maximum atomic E-state index is 12.8.